The highest BCUT2D eigenvalue weighted by molar-refractivity contribution is 14.1. The molecule has 0 aromatic heterocycles. The summed E-state index contributed by atoms with van der Waals surface area (Å²) in [7, 11) is 0. The Morgan fingerprint density at radius 3 is 2.50 bits per heavy atom. The van der Waals surface area contributed by atoms with Gasteiger partial charge in [-0.25, -0.2) is 4.39 Å². The van der Waals surface area contributed by atoms with Crippen LogP contribution in [0, 0.1) is 12.7 Å². The number of alkyl halides is 1. The van der Waals surface area contributed by atoms with E-state index >= 15 is 0 Å². The second kappa shape index (κ2) is 2.52. The topological polar surface area (TPSA) is 0 Å². The van der Waals surface area contributed by atoms with Gasteiger partial charge in [-0.2, -0.15) is 0 Å². The fourth-order valence-electron chi connectivity index (χ4n) is 3.13. The molecular formula is C12H12FI. The van der Waals surface area contributed by atoms with Gasteiger partial charge in [0.25, 0.3) is 0 Å². The molecule has 0 N–H and O–H groups in total. The van der Waals surface area contributed by atoms with Gasteiger partial charge in [-0.3, -0.25) is 0 Å². The van der Waals surface area contributed by atoms with Crippen molar-refractivity contribution in [2.24, 2.45) is 0 Å². The van der Waals surface area contributed by atoms with Gasteiger partial charge in [0.2, 0.25) is 0 Å². The van der Waals surface area contributed by atoms with E-state index in [0.29, 0.717) is 8.84 Å². The summed E-state index contributed by atoms with van der Waals surface area (Å²) in [5, 5.41) is 0. The van der Waals surface area contributed by atoms with Crippen LogP contribution in [0.2, 0.25) is 0 Å². The molecule has 3 aliphatic carbocycles. The van der Waals surface area contributed by atoms with Crippen LogP contribution in [0.5, 0.6) is 0 Å². The minimum atomic E-state index is -0.0465. The SMILES string of the molecule is Cc1c(F)cccc1C12CC(I)(C1)C2. The summed E-state index contributed by atoms with van der Waals surface area (Å²) in [4.78, 5) is 0. The standard InChI is InChI=1S/C12H12FI/c1-8-9(3-2-4-10(8)13)11-5-12(14,6-11)7-11/h2-4H,5-7H2,1H3. The molecule has 4 rings (SSSR count). The Bertz CT molecular complexity index is 391. The second-order valence-corrected chi connectivity index (χ2v) is 7.16. The van der Waals surface area contributed by atoms with Crippen molar-refractivity contribution in [3.63, 3.8) is 0 Å². The normalized spacial score (nSPS) is 38.8. The monoisotopic (exact) mass is 302 g/mol. The molecule has 74 valence electrons. The maximum Gasteiger partial charge on any atom is 0.126 e. The first kappa shape index (κ1) is 9.13. The summed E-state index contributed by atoms with van der Waals surface area (Å²) >= 11 is 2.56. The van der Waals surface area contributed by atoms with E-state index in [9.17, 15) is 4.39 Å². The molecule has 3 fully saturated rings. The van der Waals surface area contributed by atoms with Crippen LogP contribution in [0.25, 0.3) is 0 Å². The molecule has 0 nitrogen and oxygen atoms in total. The Kier molecular flexibility index (Phi) is 1.64. The molecule has 1 aromatic carbocycles. The quantitative estimate of drug-likeness (QED) is 0.547. The zero-order valence-corrected chi connectivity index (χ0v) is 10.3. The van der Waals surface area contributed by atoms with Crippen molar-refractivity contribution < 1.29 is 4.39 Å². The van der Waals surface area contributed by atoms with Gasteiger partial charge in [-0.05, 0) is 48.8 Å². The number of halogens is 2. The summed E-state index contributed by atoms with van der Waals surface area (Å²) < 4.78 is 13.9. The zero-order chi connectivity index (χ0) is 9.97. The van der Waals surface area contributed by atoms with Gasteiger partial charge in [0, 0.05) is 3.42 Å². The molecule has 1 aromatic rings. The molecule has 0 unspecified atom stereocenters. The number of rotatable bonds is 1. The van der Waals surface area contributed by atoms with Crippen molar-refractivity contribution >= 4 is 22.6 Å². The first-order valence-corrected chi connectivity index (χ1v) is 6.07. The Morgan fingerprint density at radius 2 is 1.93 bits per heavy atom. The largest absolute Gasteiger partial charge is 0.207 e. The van der Waals surface area contributed by atoms with Crippen LogP contribution in [-0.4, -0.2) is 3.42 Å². The van der Waals surface area contributed by atoms with Crippen LogP contribution in [0.15, 0.2) is 18.2 Å². The van der Waals surface area contributed by atoms with Gasteiger partial charge >= 0.3 is 0 Å². The maximum absolute atomic E-state index is 13.4. The van der Waals surface area contributed by atoms with Crippen molar-refractivity contribution in [3.05, 3.63) is 35.1 Å². The minimum Gasteiger partial charge on any atom is -0.207 e. The third-order valence-corrected chi connectivity index (χ3v) is 4.95. The van der Waals surface area contributed by atoms with Gasteiger partial charge < -0.3 is 0 Å². The van der Waals surface area contributed by atoms with Crippen LogP contribution in [0.3, 0.4) is 0 Å². The van der Waals surface area contributed by atoms with Crippen LogP contribution in [0.4, 0.5) is 4.39 Å². The Balaban J connectivity index is 2.02. The van der Waals surface area contributed by atoms with E-state index in [1.54, 1.807) is 6.07 Å². The van der Waals surface area contributed by atoms with Crippen LogP contribution in [-0.2, 0) is 5.41 Å². The summed E-state index contributed by atoms with van der Waals surface area (Å²) in [6, 6.07) is 5.51. The van der Waals surface area contributed by atoms with Gasteiger partial charge in [-0.1, -0.05) is 34.7 Å². The third kappa shape index (κ3) is 0.980. The van der Waals surface area contributed by atoms with Gasteiger partial charge in [0.1, 0.15) is 5.82 Å². The highest BCUT2D eigenvalue weighted by Gasteiger charge is 2.67. The van der Waals surface area contributed by atoms with E-state index in [4.69, 9.17) is 0 Å². The molecular weight excluding hydrogens is 290 g/mol. The van der Waals surface area contributed by atoms with Gasteiger partial charge in [0.15, 0.2) is 0 Å². The fraction of sp³-hybridized carbons (Fsp3) is 0.500. The third-order valence-electron chi connectivity index (χ3n) is 3.80. The molecule has 0 aliphatic heterocycles. The predicted molar refractivity (Wildman–Crippen MR) is 63.4 cm³/mol. The molecule has 0 saturated heterocycles. The van der Waals surface area contributed by atoms with Gasteiger partial charge in [-0.15, -0.1) is 0 Å². The molecule has 2 bridgehead atoms. The van der Waals surface area contributed by atoms with E-state index in [1.165, 1.54) is 24.8 Å². The first-order valence-electron chi connectivity index (χ1n) is 4.99. The predicted octanol–water partition coefficient (Wildman–Crippen LogP) is 3.74. The number of benzene rings is 1. The second-order valence-electron chi connectivity index (χ2n) is 4.87. The van der Waals surface area contributed by atoms with Crippen molar-refractivity contribution in [2.75, 3.05) is 0 Å². The molecule has 2 heteroatoms. The summed E-state index contributed by atoms with van der Waals surface area (Å²) in [5.41, 5.74) is 2.48. The summed E-state index contributed by atoms with van der Waals surface area (Å²) in [6.07, 6.45) is 3.76. The Morgan fingerprint density at radius 1 is 1.29 bits per heavy atom. The molecule has 0 heterocycles. The average Bonchev–Trinajstić information content (AvgIpc) is 2.03. The Hall–Kier alpha value is -0.120. The van der Waals surface area contributed by atoms with Gasteiger partial charge in [0.05, 0.1) is 0 Å². The number of hydrogen-bond donors (Lipinski definition) is 0. The number of hydrogen-bond acceptors (Lipinski definition) is 0. The smallest absolute Gasteiger partial charge is 0.126 e. The molecule has 0 atom stereocenters. The lowest BCUT2D eigenvalue weighted by molar-refractivity contribution is 0.0211. The van der Waals surface area contributed by atoms with Crippen LogP contribution < -0.4 is 0 Å². The Labute approximate surface area is 97.0 Å². The molecule has 3 aliphatic rings. The summed E-state index contributed by atoms with van der Waals surface area (Å²) in [5.74, 6) is -0.0465. The highest BCUT2D eigenvalue weighted by Crippen LogP contribution is 2.72. The van der Waals surface area contributed by atoms with E-state index < -0.39 is 0 Å². The first-order chi connectivity index (χ1) is 6.55. The van der Waals surface area contributed by atoms with Crippen molar-refractivity contribution in [2.45, 2.75) is 35.0 Å². The molecule has 0 amide bonds. The minimum absolute atomic E-state index is 0.0465. The van der Waals surface area contributed by atoms with Crippen molar-refractivity contribution in [3.8, 4) is 0 Å². The van der Waals surface area contributed by atoms with Crippen molar-refractivity contribution in [1.29, 1.82) is 0 Å². The molecule has 3 saturated carbocycles. The van der Waals surface area contributed by atoms with Crippen LogP contribution in [0.1, 0.15) is 30.4 Å². The fourth-order valence-corrected chi connectivity index (χ4v) is 5.32. The maximum atomic E-state index is 13.4. The van der Waals surface area contributed by atoms with E-state index in [0.717, 1.165) is 5.56 Å². The molecule has 14 heavy (non-hydrogen) atoms. The lowest BCUT2D eigenvalue weighted by atomic mass is 9.42. The van der Waals surface area contributed by atoms with E-state index in [-0.39, 0.29) is 5.82 Å². The zero-order valence-electron chi connectivity index (χ0n) is 8.11. The highest BCUT2D eigenvalue weighted by atomic mass is 127. The average molecular weight is 302 g/mol. The lowest BCUT2D eigenvalue weighted by Crippen LogP contribution is -2.66. The van der Waals surface area contributed by atoms with Crippen LogP contribution >= 0.6 is 22.6 Å². The molecule has 0 radical (unpaired) electrons. The van der Waals surface area contributed by atoms with E-state index in [1.807, 2.05) is 13.0 Å². The van der Waals surface area contributed by atoms with Crippen molar-refractivity contribution in [1.82, 2.24) is 0 Å². The van der Waals surface area contributed by atoms with E-state index in [2.05, 4.69) is 28.7 Å². The lowest BCUT2D eigenvalue weighted by Gasteiger charge is -2.68. The molecule has 0 spiro atoms. The summed E-state index contributed by atoms with van der Waals surface area (Å²) in [6.45, 7) is 1.91.